The lowest BCUT2D eigenvalue weighted by atomic mass is 9.96. The van der Waals surface area contributed by atoms with Crippen LogP contribution in [-0.4, -0.2) is 38.1 Å². The number of ether oxygens (including phenoxy) is 1. The second-order valence-corrected chi connectivity index (χ2v) is 8.33. The largest absolute Gasteiger partial charge is 0.416 e. The van der Waals surface area contributed by atoms with E-state index in [4.69, 9.17) is 15.5 Å². The summed E-state index contributed by atoms with van der Waals surface area (Å²) in [5.74, 6) is 1.19. The number of nitrogens with two attached hydrogens (primary N) is 1. The highest BCUT2D eigenvalue weighted by Crippen LogP contribution is 2.35. The van der Waals surface area contributed by atoms with Crippen LogP contribution in [0.25, 0.3) is 5.57 Å². The predicted octanol–water partition coefficient (Wildman–Crippen LogP) is 4.38. The number of nitrogen functional groups attached to an aromatic ring is 1. The molecule has 0 radical (unpaired) electrons. The van der Waals surface area contributed by atoms with E-state index in [1.807, 2.05) is 0 Å². The molecule has 0 saturated heterocycles. The van der Waals surface area contributed by atoms with E-state index in [9.17, 15) is 13.2 Å². The molecule has 1 atom stereocenters. The molecule has 0 unspecified atom stereocenters. The molecule has 0 aliphatic carbocycles. The smallest absolute Gasteiger partial charge is 0.399 e. The molecular weight excluding hydrogens is 431 g/mol. The maximum Gasteiger partial charge on any atom is 0.416 e. The first-order valence-corrected chi connectivity index (χ1v) is 10.9. The molecule has 33 heavy (non-hydrogen) atoms. The molecule has 0 bridgehead atoms. The van der Waals surface area contributed by atoms with Gasteiger partial charge in [0.15, 0.2) is 0 Å². The van der Waals surface area contributed by atoms with Crippen LogP contribution < -0.4 is 16.0 Å². The molecule has 0 fully saturated rings. The molecule has 0 spiro atoms. The fourth-order valence-electron chi connectivity index (χ4n) is 4.36. The van der Waals surface area contributed by atoms with E-state index >= 15 is 0 Å². The molecule has 3 N–H and O–H groups in total. The number of fused-ring (bicyclic) bond motifs is 3. The van der Waals surface area contributed by atoms with Crippen molar-refractivity contribution in [3.05, 3.63) is 64.7 Å². The summed E-state index contributed by atoms with van der Waals surface area (Å²) in [7, 11) is 0. The Labute approximate surface area is 189 Å². The second kappa shape index (κ2) is 8.22. The molecule has 3 aliphatic heterocycles. The number of nitrogens with one attached hydrogen (secondary N) is 1. The summed E-state index contributed by atoms with van der Waals surface area (Å²) in [6.07, 6.45) is -1.56. The molecule has 6 nitrogen and oxygen atoms in total. The number of alkyl halides is 3. The number of benzene rings is 2. The molecule has 0 saturated carbocycles. The van der Waals surface area contributed by atoms with Crippen LogP contribution in [0.4, 0.5) is 24.5 Å². The zero-order valence-corrected chi connectivity index (χ0v) is 18.1. The van der Waals surface area contributed by atoms with Gasteiger partial charge >= 0.3 is 6.18 Å². The maximum atomic E-state index is 13.3. The van der Waals surface area contributed by atoms with Gasteiger partial charge in [0.1, 0.15) is 5.84 Å². The van der Waals surface area contributed by atoms with Crippen molar-refractivity contribution in [3.63, 3.8) is 0 Å². The number of halogens is 3. The maximum absolute atomic E-state index is 13.3. The summed E-state index contributed by atoms with van der Waals surface area (Å²) in [5, 5.41) is 3.32. The van der Waals surface area contributed by atoms with Crippen molar-refractivity contribution < 1.29 is 17.9 Å². The van der Waals surface area contributed by atoms with Crippen LogP contribution in [-0.2, 0) is 10.9 Å². The summed E-state index contributed by atoms with van der Waals surface area (Å²) in [4.78, 5) is 11.3. The van der Waals surface area contributed by atoms with Gasteiger partial charge in [-0.3, -0.25) is 0 Å². The SMILES string of the molecule is C[C@@H](NC1=NC2=NCCN2c2ccc(C3=CCOCC3)cc21)c1cc(N)cc(C(F)(F)F)c1. The van der Waals surface area contributed by atoms with Crippen molar-refractivity contribution in [3.8, 4) is 0 Å². The molecule has 2 aromatic rings. The van der Waals surface area contributed by atoms with Gasteiger partial charge in [0.2, 0.25) is 5.96 Å². The van der Waals surface area contributed by atoms with Crippen molar-refractivity contribution in [2.75, 3.05) is 36.9 Å². The molecular formula is C24H24F3N5O. The average Bonchev–Trinajstić information content (AvgIpc) is 3.27. The lowest BCUT2D eigenvalue weighted by Gasteiger charge is -2.29. The highest BCUT2D eigenvalue weighted by molar-refractivity contribution is 6.18. The highest BCUT2D eigenvalue weighted by Gasteiger charge is 2.32. The zero-order chi connectivity index (χ0) is 23.2. The van der Waals surface area contributed by atoms with Gasteiger partial charge < -0.3 is 20.7 Å². The minimum atomic E-state index is -4.47. The van der Waals surface area contributed by atoms with Crippen LogP contribution in [0.15, 0.2) is 52.5 Å². The number of hydrogen-bond acceptors (Lipinski definition) is 6. The fraction of sp³-hybridized carbons (Fsp3) is 0.333. The van der Waals surface area contributed by atoms with Gasteiger partial charge in [0.05, 0.1) is 37.1 Å². The van der Waals surface area contributed by atoms with Crippen LogP contribution in [0.5, 0.6) is 0 Å². The van der Waals surface area contributed by atoms with Crippen molar-refractivity contribution in [1.82, 2.24) is 5.32 Å². The highest BCUT2D eigenvalue weighted by atomic mass is 19.4. The van der Waals surface area contributed by atoms with Gasteiger partial charge in [0, 0.05) is 17.8 Å². The Kier molecular flexibility index (Phi) is 5.36. The van der Waals surface area contributed by atoms with Gasteiger partial charge in [-0.05, 0) is 60.4 Å². The van der Waals surface area contributed by atoms with E-state index in [0.717, 1.165) is 41.9 Å². The van der Waals surface area contributed by atoms with Crippen molar-refractivity contribution in [2.24, 2.45) is 9.98 Å². The molecule has 3 aliphatic rings. The lowest BCUT2D eigenvalue weighted by Crippen LogP contribution is -2.38. The Balaban J connectivity index is 1.51. The molecule has 9 heteroatoms. The quantitative estimate of drug-likeness (QED) is 0.674. The Bertz CT molecular complexity index is 1190. The number of guanidine groups is 1. The normalized spacial score (nSPS) is 18.7. The molecule has 0 aromatic heterocycles. The van der Waals surface area contributed by atoms with Crippen LogP contribution in [0.1, 0.15) is 41.6 Å². The Morgan fingerprint density at radius 3 is 2.79 bits per heavy atom. The van der Waals surface area contributed by atoms with Crippen LogP contribution in [0, 0.1) is 0 Å². The van der Waals surface area contributed by atoms with Gasteiger partial charge in [-0.25, -0.2) is 4.99 Å². The Morgan fingerprint density at radius 1 is 1.18 bits per heavy atom. The molecule has 2 aromatic carbocycles. The monoisotopic (exact) mass is 455 g/mol. The number of hydrogen-bond donors (Lipinski definition) is 2. The van der Waals surface area contributed by atoms with E-state index in [2.05, 4.69) is 39.5 Å². The van der Waals surface area contributed by atoms with Gasteiger partial charge in [-0.1, -0.05) is 12.1 Å². The predicted molar refractivity (Wildman–Crippen MR) is 123 cm³/mol. The van der Waals surface area contributed by atoms with Crippen LogP contribution >= 0.6 is 0 Å². The summed E-state index contributed by atoms with van der Waals surface area (Å²) in [6, 6.07) is 9.40. The molecule has 5 rings (SSSR count). The first-order chi connectivity index (χ1) is 15.8. The third-order valence-corrected chi connectivity index (χ3v) is 6.06. The summed E-state index contributed by atoms with van der Waals surface area (Å²) in [5.41, 5.74) is 9.69. The van der Waals surface area contributed by atoms with E-state index in [1.165, 1.54) is 5.57 Å². The lowest BCUT2D eigenvalue weighted by molar-refractivity contribution is -0.137. The van der Waals surface area contributed by atoms with Crippen LogP contribution in [0.2, 0.25) is 0 Å². The number of nitrogens with zero attached hydrogens (tertiary/aromatic N) is 3. The van der Waals surface area contributed by atoms with E-state index in [-0.39, 0.29) is 5.69 Å². The first kappa shape index (κ1) is 21.5. The Morgan fingerprint density at radius 2 is 2.03 bits per heavy atom. The van der Waals surface area contributed by atoms with E-state index < -0.39 is 17.8 Å². The molecule has 3 heterocycles. The van der Waals surface area contributed by atoms with Crippen molar-refractivity contribution in [1.29, 1.82) is 0 Å². The van der Waals surface area contributed by atoms with Crippen molar-refractivity contribution >= 4 is 28.7 Å². The number of aliphatic imine (C=N–C) groups is 2. The van der Waals surface area contributed by atoms with E-state index in [1.54, 1.807) is 13.0 Å². The summed E-state index contributed by atoms with van der Waals surface area (Å²) < 4.78 is 45.3. The average molecular weight is 455 g/mol. The zero-order valence-electron chi connectivity index (χ0n) is 18.1. The Hall–Kier alpha value is -3.33. The second-order valence-electron chi connectivity index (χ2n) is 8.33. The van der Waals surface area contributed by atoms with Crippen molar-refractivity contribution in [2.45, 2.75) is 25.6 Å². The van der Waals surface area contributed by atoms with Crippen LogP contribution in [0.3, 0.4) is 0 Å². The standard InChI is InChI=1S/C24H24F3N5O/c1-14(17-10-18(24(25,26)27)13-19(28)11-17)30-22-20-12-16(15-4-8-33-9-5-15)2-3-21(20)32-7-6-29-23(32)31-22/h2-4,10-14H,5-9,28H2,1H3,(H,29,30,31)/t14-/m1/s1. The summed E-state index contributed by atoms with van der Waals surface area (Å²) in [6.45, 7) is 4.45. The fourth-order valence-corrected chi connectivity index (χ4v) is 4.36. The van der Waals surface area contributed by atoms with Gasteiger partial charge in [-0.2, -0.15) is 18.2 Å². The first-order valence-electron chi connectivity index (χ1n) is 10.9. The third-order valence-electron chi connectivity index (χ3n) is 6.06. The number of amidine groups is 1. The summed E-state index contributed by atoms with van der Waals surface area (Å²) >= 11 is 0. The molecule has 172 valence electrons. The number of rotatable bonds is 3. The third kappa shape index (κ3) is 4.20. The molecule has 0 amide bonds. The van der Waals surface area contributed by atoms with Gasteiger partial charge in [0.25, 0.3) is 0 Å². The van der Waals surface area contributed by atoms with E-state index in [0.29, 0.717) is 37.1 Å². The topological polar surface area (TPSA) is 75.2 Å². The number of anilines is 2. The van der Waals surface area contributed by atoms with Gasteiger partial charge in [-0.15, -0.1) is 0 Å². The minimum Gasteiger partial charge on any atom is -0.399 e. The minimum absolute atomic E-state index is 0.0690.